The highest BCUT2D eigenvalue weighted by Crippen LogP contribution is 2.68. The van der Waals surface area contributed by atoms with E-state index in [1.165, 1.54) is 72.3 Å². The number of allylic oxidation sites excluding steroid dienone is 1. The molecular weight excluding hydrogens is 837 g/mol. The Bertz CT molecular complexity index is 3890. The average molecular weight is 879 g/mol. The van der Waals surface area contributed by atoms with Gasteiger partial charge in [-0.05, 0) is 125 Å². The molecule has 1 atom stereocenters. The van der Waals surface area contributed by atoms with Gasteiger partial charge in [0.25, 0.3) is 0 Å². The van der Waals surface area contributed by atoms with Gasteiger partial charge < -0.3 is 9.73 Å². The summed E-state index contributed by atoms with van der Waals surface area (Å²) in [5.74, 6) is 0. The van der Waals surface area contributed by atoms with E-state index in [-0.39, 0.29) is 6.17 Å². The molecule has 1 aromatic heterocycles. The van der Waals surface area contributed by atoms with Crippen LogP contribution in [0.2, 0.25) is 0 Å². The van der Waals surface area contributed by atoms with Crippen LogP contribution in [0, 0.1) is 0 Å². The van der Waals surface area contributed by atoms with Gasteiger partial charge in [-0.25, -0.2) is 0 Å². The number of aliphatic imine (C=N–C) groups is 1. The molecule has 69 heavy (non-hydrogen) atoms. The maximum absolute atomic E-state index is 6.70. The van der Waals surface area contributed by atoms with Gasteiger partial charge in [-0.3, -0.25) is 4.99 Å². The molecule has 0 radical (unpaired) electrons. The summed E-state index contributed by atoms with van der Waals surface area (Å²) >= 11 is 0. The van der Waals surface area contributed by atoms with Crippen molar-refractivity contribution in [3.05, 3.63) is 304 Å². The van der Waals surface area contributed by atoms with Gasteiger partial charge in [-0.2, -0.15) is 0 Å². The summed E-state index contributed by atoms with van der Waals surface area (Å²) in [7, 11) is 0. The minimum absolute atomic E-state index is 0.202. The van der Waals surface area contributed by atoms with Crippen molar-refractivity contribution in [2.75, 3.05) is 0 Å². The first-order valence-corrected chi connectivity index (χ1v) is 24.0. The molecule has 0 saturated carbocycles. The second-order valence-corrected chi connectivity index (χ2v) is 18.9. The van der Waals surface area contributed by atoms with Crippen molar-refractivity contribution in [1.82, 2.24) is 5.32 Å². The first-order valence-electron chi connectivity index (χ1n) is 24.0. The van der Waals surface area contributed by atoms with Gasteiger partial charge in [-0.15, -0.1) is 0 Å². The number of benzene rings is 10. The van der Waals surface area contributed by atoms with Gasteiger partial charge in [0.2, 0.25) is 0 Å². The third-order valence-electron chi connectivity index (χ3n) is 15.6. The summed E-state index contributed by atoms with van der Waals surface area (Å²) in [6, 6.07) is 87.3. The van der Waals surface area contributed by atoms with Crippen LogP contribution in [-0.4, -0.2) is 5.71 Å². The van der Waals surface area contributed by atoms with Crippen LogP contribution in [0.4, 0.5) is 0 Å². The normalized spacial score (nSPS) is 16.2. The smallest absolute Gasteiger partial charge is 0.145 e. The Balaban J connectivity index is 0.932. The van der Waals surface area contributed by atoms with Crippen molar-refractivity contribution in [3.63, 3.8) is 0 Å². The highest BCUT2D eigenvalue weighted by molar-refractivity contribution is 6.13. The minimum atomic E-state index is -0.614. The molecule has 0 saturated heterocycles. The quantitative estimate of drug-likeness (QED) is 0.191. The largest absolute Gasteiger partial charge is 0.456 e. The molecule has 1 N–H and O–H groups in total. The standard InChI is InChI=1S/C66H42N2O/c1-3-17-42(18-4-1)60-40-61(68-64(67-60)44-19-5-2-6-20-44)43-33-31-41(32-34-43)45-35-36-54-49(37-45)50-39-63-51(48-23-9-16-30-62(48)69-63)38-59(50)66(54)57-28-14-12-26-55(57)65(56-27-13-15-29-58(56)66)52-24-10-7-21-46(52)47-22-8-11-25-53(47)65/h1-40,64,68H. The van der Waals surface area contributed by atoms with Crippen molar-refractivity contribution < 1.29 is 4.42 Å². The molecule has 3 nitrogen and oxygen atoms in total. The van der Waals surface area contributed by atoms with Crippen LogP contribution in [0.15, 0.2) is 252 Å². The molecule has 1 unspecified atom stereocenters. The van der Waals surface area contributed by atoms with Gasteiger partial charge in [0.15, 0.2) is 0 Å². The van der Waals surface area contributed by atoms with E-state index in [1.807, 2.05) is 0 Å². The molecule has 15 rings (SSSR count). The number of nitrogens with one attached hydrogen (secondary N) is 1. The van der Waals surface area contributed by atoms with E-state index < -0.39 is 10.8 Å². The number of nitrogens with zero attached hydrogens (tertiary/aromatic N) is 1. The Labute approximate surface area is 400 Å². The van der Waals surface area contributed by atoms with Crippen LogP contribution in [0.1, 0.15) is 67.4 Å². The highest BCUT2D eigenvalue weighted by Gasteiger charge is 2.59. The molecule has 1 aliphatic heterocycles. The SMILES string of the molecule is C1=C(c2ccc(-c3ccc4c(c3)-c3cc5oc6ccccc6c5cc3C43c4ccccc4C4(c5ccccc5-c5ccccc54)c4ccccc43)cc2)NC(c2ccccc2)N=C1c1ccccc1. The van der Waals surface area contributed by atoms with Crippen LogP contribution in [-0.2, 0) is 10.8 Å². The van der Waals surface area contributed by atoms with Gasteiger partial charge >= 0.3 is 0 Å². The predicted molar refractivity (Wildman–Crippen MR) is 281 cm³/mol. The highest BCUT2D eigenvalue weighted by atomic mass is 16.3. The average Bonchev–Trinajstić information content (AvgIpc) is 4.04. The Hall–Kier alpha value is -8.79. The van der Waals surface area contributed by atoms with Crippen LogP contribution in [0.5, 0.6) is 0 Å². The molecule has 0 bridgehead atoms. The van der Waals surface area contributed by atoms with Crippen molar-refractivity contribution in [2.45, 2.75) is 17.0 Å². The van der Waals surface area contributed by atoms with E-state index in [1.54, 1.807) is 0 Å². The summed E-state index contributed by atoms with van der Waals surface area (Å²) in [4.78, 5) is 5.17. The molecule has 3 heteroatoms. The van der Waals surface area contributed by atoms with E-state index >= 15 is 0 Å². The van der Waals surface area contributed by atoms with E-state index in [2.05, 4.69) is 248 Å². The predicted octanol–water partition coefficient (Wildman–Crippen LogP) is 15.4. The first kappa shape index (κ1) is 38.3. The molecule has 10 aromatic carbocycles. The van der Waals surface area contributed by atoms with Crippen LogP contribution >= 0.6 is 0 Å². The molecule has 11 aromatic rings. The van der Waals surface area contributed by atoms with Crippen LogP contribution in [0.3, 0.4) is 0 Å². The lowest BCUT2D eigenvalue weighted by molar-refractivity contribution is 0.633. The lowest BCUT2D eigenvalue weighted by Gasteiger charge is -2.48. The van der Waals surface area contributed by atoms with Gasteiger partial charge in [0.1, 0.15) is 17.3 Å². The maximum Gasteiger partial charge on any atom is 0.145 e. The third kappa shape index (κ3) is 5.19. The van der Waals surface area contributed by atoms with E-state index in [0.29, 0.717) is 0 Å². The number of rotatable bonds is 4. The number of hydrogen-bond donors (Lipinski definition) is 1. The van der Waals surface area contributed by atoms with E-state index in [0.717, 1.165) is 55.6 Å². The lowest BCUT2D eigenvalue weighted by Crippen LogP contribution is -2.43. The summed E-state index contributed by atoms with van der Waals surface area (Å²) < 4.78 is 6.70. The number of furan rings is 1. The second-order valence-electron chi connectivity index (χ2n) is 18.9. The van der Waals surface area contributed by atoms with Crippen LogP contribution in [0.25, 0.3) is 61.0 Å². The zero-order chi connectivity index (χ0) is 45.3. The number of fused-ring (bicyclic) bond motifs is 19. The Morgan fingerprint density at radius 2 is 0.855 bits per heavy atom. The molecule has 3 aliphatic carbocycles. The Morgan fingerprint density at radius 3 is 1.52 bits per heavy atom. The zero-order valence-corrected chi connectivity index (χ0v) is 37.5. The molecule has 0 amide bonds. The fourth-order valence-corrected chi connectivity index (χ4v) is 12.8. The first-order chi connectivity index (χ1) is 34.2. The Kier molecular flexibility index (Phi) is 7.98. The fourth-order valence-electron chi connectivity index (χ4n) is 12.8. The number of hydrogen-bond acceptors (Lipinski definition) is 3. The van der Waals surface area contributed by atoms with Gasteiger partial charge in [-0.1, -0.05) is 212 Å². The van der Waals surface area contributed by atoms with Gasteiger partial charge in [0.05, 0.1) is 16.5 Å². The van der Waals surface area contributed by atoms with Gasteiger partial charge in [0, 0.05) is 16.5 Å². The maximum atomic E-state index is 6.70. The van der Waals surface area contributed by atoms with Crippen molar-refractivity contribution in [3.8, 4) is 33.4 Å². The van der Waals surface area contributed by atoms with Crippen molar-refractivity contribution in [2.24, 2.45) is 4.99 Å². The fraction of sp³-hybridized carbons (Fsp3) is 0.0455. The summed E-state index contributed by atoms with van der Waals surface area (Å²) in [6.45, 7) is 0. The molecular formula is C66H42N2O. The molecule has 2 heterocycles. The molecule has 322 valence electrons. The van der Waals surface area contributed by atoms with E-state index in [9.17, 15) is 0 Å². The lowest BCUT2D eigenvalue weighted by atomic mass is 9.52. The monoisotopic (exact) mass is 878 g/mol. The van der Waals surface area contributed by atoms with Crippen molar-refractivity contribution in [1.29, 1.82) is 0 Å². The zero-order valence-electron chi connectivity index (χ0n) is 37.5. The molecule has 4 aliphatic rings. The number of para-hydroxylation sites is 1. The van der Waals surface area contributed by atoms with E-state index in [4.69, 9.17) is 9.41 Å². The molecule has 2 spiro atoms. The summed E-state index contributed by atoms with van der Waals surface area (Å²) in [5, 5.41) is 6.03. The van der Waals surface area contributed by atoms with Crippen molar-refractivity contribution >= 4 is 33.3 Å². The minimum Gasteiger partial charge on any atom is -0.456 e. The topological polar surface area (TPSA) is 37.5 Å². The summed E-state index contributed by atoms with van der Waals surface area (Å²) in [6.07, 6.45) is 1.98. The second kappa shape index (κ2) is 14.4. The third-order valence-corrected chi connectivity index (χ3v) is 15.6. The van der Waals surface area contributed by atoms with Crippen LogP contribution < -0.4 is 5.32 Å². The molecule has 0 fully saturated rings. The Morgan fingerprint density at radius 1 is 0.348 bits per heavy atom. The summed E-state index contributed by atoms with van der Waals surface area (Å²) in [5.41, 5.74) is 24.0.